The monoisotopic (exact) mass is 232 g/mol. The molecule has 84 valence electrons. The Kier molecular flexibility index (Phi) is 3.57. The maximum Gasteiger partial charge on any atom is 0.123 e. The topological polar surface area (TPSA) is 38.9 Å². The highest BCUT2D eigenvalue weighted by atomic mass is 32.1. The van der Waals surface area contributed by atoms with Crippen molar-refractivity contribution in [2.24, 2.45) is 0 Å². The van der Waals surface area contributed by atoms with Crippen molar-refractivity contribution >= 4 is 17.2 Å². The molecule has 0 aromatic carbocycles. The lowest BCUT2D eigenvalue weighted by Gasteiger charge is -1.99. The predicted molar refractivity (Wildman–Crippen MR) is 69.8 cm³/mol. The minimum Gasteiger partial charge on any atom is -0.384 e. The van der Waals surface area contributed by atoms with Gasteiger partial charge in [0.1, 0.15) is 5.82 Å². The average molecular weight is 232 g/mol. The summed E-state index contributed by atoms with van der Waals surface area (Å²) in [6.07, 6.45) is 5.11. The molecule has 0 radical (unpaired) electrons. The second-order valence-corrected chi connectivity index (χ2v) is 4.93. The molecule has 2 rings (SSSR count). The van der Waals surface area contributed by atoms with E-state index in [1.165, 1.54) is 28.8 Å². The van der Waals surface area contributed by atoms with Crippen molar-refractivity contribution in [2.75, 3.05) is 5.73 Å². The lowest BCUT2D eigenvalue weighted by Crippen LogP contribution is -1.92. The van der Waals surface area contributed by atoms with Crippen LogP contribution in [0.4, 0.5) is 5.82 Å². The van der Waals surface area contributed by atoms with Crippen molar-refractivity contribution < 1.29 is 0 Å². The fourth-order valence-electron chi connectivity index (χ4n) is 1.74. The Hall–Kier alpha value is -1.35. The lowest BCUT2D eigenvalue weighted by molar-refractivity contribution is 0.938. The first kappa shape index (κ1) is 11.1. The van der Waals surface area contributed by atoms with Gasteiger partial charge in [0.2, 0.25) is 0 Å². The zero-order chi connectivity index (χ0) is 11.4. The third kappa shape index (κ3) is 2.83. The Bertz CT molecular complexity index is 462. The number of aryl methyl sites for hydroxylation is 1. The zero-order valence-corrected chi connectivity index (χ0v) is 10.3. The van der Waals surface area contributed by atoms with Crippen LogP contribution in [0.25, 0.3) is 0 Å². The lowest BCUT2D eigenvalue weighted by atomic mass is 10.1. The Labute approximate surface area is 100 Å². The van der Waals surface area contributed by atoms with Gasteiger partial charge in [-0.15, -0.1) is 11.3 Å². The van der Waals surface area contributed by atoms with Crippen LogP contribution in [0.5, 0.6) is 0 Å². The van der Waals surface area contributed by atoms with Gasteiger partial charge in [-0.1, -0.05) is 13.3 Å². The molecule has 2 aromatic rings. The van der Waals surface area contributed by atoms with E-state index in [0.29, 0.717) is 5.82 Å². The van der Waals surface area contributed by atoms with Gasteiger partial charge in [0.15, 0.2) is 0 Å². The first-order valence-electron chi connectivity index (χ1n) is 5.54. The smallest absolute Gasteiger partial charge is 0.123 e. The number of nitrogen functional groups attached to an aromatic ring is 1. The third-order valence-corrected chi connectivity index (χ3v) is 3.50. The molecule has 2 N–H and O–H groups in total. The Morgan fingerprint density at radius 1 is 1.31 bits per heavy atom. The van der Waals surface area contributed by atoms with Crippen molar-refractivity contribution in [3.8, 4) is 0 Å². The molecule has 0 bridgehead atoms. The van der Waals surface area contributed by atoms with Gasteiger partial charge in [-0.25, -0.2) is 4.98 Å². The van der Waals surface area contributed by atoms with E-state index in [4.69, 9.17) is 5.73 Å². The summed E-state index contributed by atoms with van der Waals surface area (Å²) in [5.74, 6) is 0.599. The van der Waals surface area contributed by atoms with Crippen LogP contribution in [-0.4, -0.2) is 4.98 Å². The van der Waals surface area contributed by atoms with Crippen LogP contribution < -0.4 is 5.73 Å². The molecule has 0 aliphatic carbocycles. The molecule has 0 saturated carbocycles. The summed E-state index contributed by atoms with van der Waals surface area (Å²) in [5.41, 5.74) is 8.26. The highest BCUT2D eigenvalue weighted by Crippen LogP contribution is 2.19. The molecule has 0 unspecified atom stereocenters. The normalized spacial score (nSPS) is 10.6. The van der Waals surface area contributed by atoms with Crippen LogP contribution in [0, 0.1) is 0 Å². The Morgan fingerprint density at radius 2 is 2.19 bits per heavy atom. The molecule has 2 nitrogen and oxygen atoms in total. The minimum absolute atomic E-state index is 0.599. The van der Waals surface area contributed by atoms with Gasteiger partial charge < -0.3 is 5.73 Å². The number of nitrogens with zero attached hydrogens (tertiary/aromatic N) is 1. The number of rotatable bonds is 4. The summed E-state index contributed by atoms with van der Waals surface area (Å²) in [6, 6.07) is 6.26. The fraction of sp³-hybridized carbons (Fsp3) is 0.308. The molecule has 2 aromatic heterocycles. The summed E-state index contributed by atoms with van der Waals surface area (Å²) in [6.45, 7) is 2.21. The largest absolute Gasteiger partial charge is 0.384 e. The number of hydrogen-bond acceptors (Lipinski definition) is 3. The van der Waals surface area contributed by atoms with E-state index >= 15 is 0 Å². The van der Waals surface area contributed by atoms with Crippen LogP contribution in [0.2, 0.25) is 0 Å². The first-order chi connectivity index (χ1) is 7.78. The van der Waals surface area contributed by atoms with Gasteiger partial charge >= 0.3 is 0 Å². The van der Waals surface area contributed by atoms with Crippen LogP contribution in [-0.2, 0) is 12.8 Å². The summed E-state index contributed by atoms with van der Waals surface area (Å²) in [4.78, 5) is 5.47. The summed E-state index contributed by atoms with van der Waals surface area (Å²) in [7, 11) is 0. The second kappa shape index (κ2) is 5.12. The number of nitrogens with two attached hydrogens (primary N) is 1. The quantitative estimate of drug-likeness (QED) is 0.878. The van der Waals surface area contributed by atoms with E-state index < -0.39 is 0 Å². The fourth-order valence-corrected chi connectivity index (χ4v) is 2.73. The van der Waals surface area contributed by atoms with Gasteiger partial charge in [-0.05, 0) is 47.5 Å². The van der Waals surface area contributed by atoms with Crippen molar-refractivity contribution in [2.45, 2.75) is 26.2 Å². The van der Waals surface area contributed by atoms with Gasteiger partial charge in [-0.3, -0.25) is 0 Å². The predicted octanol–water partition coefficient (Wildman–Crippen LogP) is 3.27. The number of pyridine rings is 1. The van der Waals surface area contributed by atoms with E-state index in [2.05, 4.69) is 23.4 Å². The molecule has 0 amide bonds. The molecule has 0 aliphatic rings. The summed E-state index contributed by atoms with van der Waals surface area (Å²) in [5, 5.41) is 2.24. The van der Waals surface area contributed by atoms with Gasteiger partial charge in [0.25, 0.3) is 0 Å². The number of hydrogen-bond donors (Lipinski definition) is 1. The average Bonchev–Trinajstić information content (AvgIpc) is 2.66. The second-order valence-electron chi connectivity index (χ2n) is 3.94. The van der Waals surface area contributed by atoms with E-state index in [9.17, 15) is 0 Å². The van der Waals surface area contributed by atoms with Crippen LogP contribution >= 0.6 is 11.3 Å². The summed E-state index contributed by atoms with van der Waals surface area (Å²) >= 11 is 1.85. The molecule has 2 heterocycles. The molecule has 0 atom stereocenters. The Balaban J connectivity index is 2.08. The van der Waals surface area contributed by atoms with Crippen LogP contribution in [0.3, 0.4) is 0 Å². The standard InChI is InChI=1S/C13H16N2S/c1-2-3-12-7-11(9-16-12)6-10-4-5-15-13(14)8-10/h4-5,7-9H,2-3,6H2,1H3,(H2,14,15). The first-order valence-corrected chi connectivity index (χ1v) is 6.42. The van der Waals surface area contributed by atoms with E-state index in [1.54, 1.807) is 6.20 Å². The highest BCUT2D eigenvalue weighted by Gasteiger charge is 2.01. The van der Waals surface area contributed by atoms with E-state index in [1.807, 2.05) is 23.5 Å². The van der Waals surface area contributed by atoms with Gasteiger partial charge in [0, 0.05) is 11.1 Å². The van der Waals surface area contributed by atoms with E-state index in [-0.39, 0.29) is 0 Å². The molecule has 0 spiro atoms. The maximum absolute atomic E-state index is 5.66. The van der Waals surface area contributed by atoms with Crippen molar-refractivity contribution in [3.63, 3.8) is 0 Å². The van der Waals surface area contributed by atoms with Crippen molar-refractivity contribution in [1.29, 1.82) is 0 Å². The van der Waals surface area contributed by atoms with E-state index in [0.717, 1.165) is 6.42 Å². The molecular formula is C13H16N2S. The maximum atomic E-state index is 5.66. The number of thiophene rings is 1. The summed E-state index contributed by atoms with van der Waals surface area (Å²) < 4.78 is 0. The van der Waals surface area contributed by atoms with Crippen molar-refractivity contribution in [3.05, 3.63) is 45.8 Å². The molecule has 0 fully saturated rings. The molecule has 0 aliphatic heterocycles. The van der Waals surface area contributed by atoms with Crippen LogP contribution in [0.15, 0.2) is 29.8 Å². The molecule has 0 saturated heterocycles. The SMILES string of the molecule is CCCc1cc(Cc2ccnc(N)c2)cs1. The highest BCUT2D eigenvalue weighted by molar-refractivity contribution is 7.10. The van der Waals surface area contributed by atoms with Crippen molar-refractivity contribution in [1.82, 2.24) is 4.98 Å². The minimum atomic E-state index is 0.599. The van der Waals surface area contributed by atoms with Crippen LogP contribution in [0.1, 0.15) is 29.3 Å². The Morgan fingerprint density at radius 3 is 2.94 bits per heavy atom. The third-order valence-electron chi connectivity index (χ3n) is 2.46. The molecular weight excluding hydrogens is 216 g/mol. The zero-order valence-electron chi connectivity index (χ0n) is 9.44. The molecule has 16 heavy (non-hydrogen) atoms. The number of aromatic nitrogens is 1. The molecule has 3 heteroatoms. The van der Waals surface area contributed by atoms with Gasteiger partial charge in [0.05, 0.1) is 0 Å². The van der Waals surface area contributed by atoms with Gasteiger partial charge in [-0.2, -0.15) is 0 Å². The number of anilines is 1.